The standard InChI is InChI=1S/C18H22ClN3O2S/c1-18(2,24-14-5-3-4-13(19)10-14)16(23)22-17-21-11-15(25-17)12-6-8-20-9-7-12/h3-5,10-12,20H,6-9H2,1-2H3,(H,21,22,23). The number of nitrogens with one attached hydrogen (secondary N) is 2. The Balaban J connectivity index is 1.63. The van der Waals surface area contributed by atoms with Gasteiger partial charge in [0, 0.05) is 16.1 Å². The smallest absolute Gasteiger partial charge is 0.269 e. The first kappa shape index (κ1) is 18.2. The fourth-order valence-corrected chi connectivity index (χ4v) is 3.92. The average molecular weight is 380 g/mol. The highest BCUT2D eigenvalue weighted by molar-refractivity contribution is 7.15. The van der Waals surface area contributed by atoms with Crippen molar-refractivity contribution in [1.29, 1.82) is 0 Å². The highest BCUT2D eigenvalue weighted by Crippen LogP contribution is 2.32. The molecule has 1 aromatic carbocycles. The van der Waals surface area contributed by atoms with Crippen molar-refractivity contribution in [2.24, 2.45) is 0 Å². The molecule has 0 unspecified atom stereocenters. The number of aromatic nitrogens is 1. The fourth-order valence-electron chi connectivity index (χ4n) is 2.76. The van der Waals surface area contributed by atoms with Crippen molar-refractivity contribution in [3.8, 4) is 5.75 Å². The number of carbonyl (C=O) groups is 1. The van der Waals surface area contributed by atoms with Crippen LogP contribution in [-0.2, 0) is 4.79 Å². The van der Waals surface area contributed by atoms with E-state index in [4.69, 9.17) is 16.3 Å². The van der Waals surface area contributed by atoms with Crippen LogP contribution in [0.3, 0.4) is 0 Å². The highest BCUT2D eigenvalue weighted by atomic mass is 35.5. The van der Waals surface area contributed by atoms with Crippen molar-refractivity contribution >= 4 is 34.0 Å². The van der Waals surface area contributed by atoms with E-state index in [9.17, 15) is 4.79 Å². The number of hydrogen-bond donors (Lipinski definition) is 2. The largest absolute Gasteiger partial charge is 0.478 e. The van der Waals surface area contributed by atoms with E-state index in [0.717, 1.165) is 25.9 Å². The third-order valence-electron chi connectivity index (χ3n) is 4.20. The first-order chi connectivity index (χ1) is 11.9. The van der Waals surface area contributed by atoms with Crippen molar-refractivity contribution in [1.82, 2.24) is 10.3 Å². The lowest BCUT2D eigenvalue weighted by molar-refractivity contribution is -0.128. The lowest BCUT2D eigenvalue weighted by atomic mass is 9.97. The molecule has 0 atom stereocenters. The van der Waals surface area contributed by atoms with Gasteiger partial charge in [0.15, 0.2) is 10.7 Å². The Hall–Kier alpha value is -1.63. The summed E-state index contributed by atoms with van der Waals surface area (Å²) in [5, 5.41) is 7.41. The van der Waals surface area contributed by atoms with Gasteiger partial charge in [-0.1, -0.05) is 17.7 Å². The van der Waals surface area contributed by atoms with E-state index in [1.807, 2.05) is 6.20 Å². The number of halogens is 1. The van der Waals surface area contributed by atoms with E-state index < -0.39 is 5.60 Å². The zero-order valence-corrected chi connectivity index (χ0v) is 15.9. The van der Waals surface area contributed by atoms with Crippen LogP contribution >= 0.6 is 22.9 Å². The number of thiazole rings is 1. The Labute approximate surface area is 156 Å². The maximum absolute atomic E-state index is 12.6. The molecule has 7 heteroatoms. The van der Waals surface area contributed by atoms with Gasteiger partial charge < -0.3 is 10.1 Å². The Kier molecular flexibility index (Phi) is 5.61. The van der Waals surface area contributed by atoms with Crippen molar-refractivity contribution < 1.29 is 9.53 Å². The van der Waals surface area contributed by atoms with Crippen LogP contribution in [0, 0.1) is 0 Å². The van der Waals surface area contributed by atoms with Crippen LogP contribution in [-0.4, -0.2) is 29.6 Å². The van der Waals surface area contributed by atoms with Gasteiger partial charge in [0.2, 0.25) is 0 Å². The molecule has 2 N–H and O–H groups in total. The molecule has 1 aliphatic rings. The molecule has 134 valence electrons. The van der Waals surface area contributed by atoms with Gasteiger partial charge in [-0.3, -0.25) is 10.1 Å². The van der Waals surface area contributed by atoms with Gasteiger partial charge in [0.1, 0.15) is 5.75 Å². The minimum Gasteiger partial charge on any atom is -0.478 e. The van der Waals surface area contributed by atoms with Crippen LogP contribution in [0.1, 0.15) is 37.5 Å². The Morgan fingerprint density at radius 3 is 2.88 bits per heavy atom. The fraction of sp³-hybridized carbons (Fsp3) is 0.444. The average Bonchev–Trinajstić information content (AvgIpc) is 3.04. The molecule has 2 aromatic rings. The third-order valence-corrected chi connectivity index (χ3v) is 5.51. The second-order valence-electron chi connectivity index (χ2n) is 6.62. The summed E-state index contributed by atoms with van der Waals surface area (Å²) in [4.78, 5) is 18.2. The monoisotopic (exact) mass is 379 g/mol. The Bertz CT molecular complexity index is 741. The maximum Gasteiger partial charge on any atom is 0.269 e. The van der Waals surface area contributed by atoms with E-state index in [2.05, 4.69) is 15.6 Å². The number of amides is 1. The molecular weight excluding hydrogens is 358 g/mol. The number of rotatable bonds is 5. The molecule has 0 radical (unpaired) electrons. The predicted molar refractivity (Wildman–Crippen MR) is 102 cm³/mol. The van der Waals surface area contributed by atoms with Gasteiger partial charge in [-0.05, 0) is 63.9 Å². The van der Waals surface area contributed by atoms with E-state index >= 15 is 0 Å². The van der Waals surface area contributed by atoms with Gasteiger partial charge in [0.25, 0.3) is 5.91 Å². The quantitative estimate of drug-likeness (QED) is 0.822. The summed E-state index contributed by atoms with van der Waals surface area (Å²) in [7, 11) is 0. The number of piperidine rings is 1. The summed E-state index contributed by atoms with van der Waals surface area (Å²) in [6.45, 7) is 5.52. The molecule has 1 amide bonds. The molecule has 1 aromatic heterocycles. The summed E-state index contributed by atoms with van der Waals surface area (Å²) in [5.74, 6) is 0.848. The van der Waals surface area contributed by atoms with E-state index in [1.165, 1.54) is 4.88 Å². The van der Waals surface area contributed by atoms with E-state index in [1.54, 1.807) is 49.4 Å². The topological polar surface area (TPSA) is 63.2 Å². The van der Waals surface area contributed by atoms with Gasteiger partial charge in [-0.15, -0.1) is 11.3 Å². The summed E-state index contributed by atoms with van der Waals surface area (Å²) in [5.41, 5.74) is -1.04. The summed E-state index contributed by atoms with van der Waals surface area (Å²) < 4.78 is 5.81. The van der Waals surface area contributed by atoms with Crippen LogP contribution < -0.4 is 15.4 Å². The molecule has 1 saturated heterocycles. The predicted octanol–water partition coefficient (Wildman–Crippen LogP) is 4.06. The summed E-state index contributed by atoms with van der Waals surface area (Å²) in [6.07, 6.45) is 4.10. The molecular formula is C18H22ClN3O2S. The molecule has 0 saturated carbocycles. The van der Waals surface area contributed by atoms with Gasteiger partial charge >= 0.3 is 0 Å². The zero-order chi connectivity index (χ0) is 17.9. The van der Waals surface area contributed by atoms with Gasteiger partial charge in [-0.2, -0.15) is 0 Å². The molecule has 0 bridgehead atoms. The van der Waals surface area contributed by atoms with Crippen molar-refractivity contribution in [2.75, 3.05) is 18.4 Å². The Morgan fingerprint density at radius 1 is 1.40 bits per heavy atom. The lowest BCUT2D eigenvalue weighted by Gasteiger charge is -2.24. The molecule has 1 fully saturated rings. The second-order valence-corrected chi connectivity index (χ2v) is 8.11. The first-order valence-corrected chi connectivity index (χ1v) is 9.56. The number of carbonyl (C=O) groups excluding carboxylic acids is 1. The Morgan fingerprint density at radius 2 is 2.16 bits per heavy atom. The van der Waals surface area contributed by atoms with Crippen LogP contribution in [0.4, 0.5) is 5.13 Å². The molecule has 2 heterocycles. The summed E-state index contributed by atoms with van der Waals surface area (Å²) in [6, 6.07) is 7.02. The van der Waals surface area contributed by atoms with Gasteiger partial charge in [-0.25, -0.2) is 4.98 Å². The number of benzene rings is 1. The van der Waals surface area contributed by atoms with Crippen molar-refractivity contribution in [2.45, 2.75) is 38.2 Å². The second kappa shape index (κ2) is 7.72. The van der Waals surface area contributed by atoms with Crippen LogP contribution in [0.5, 0.6) is 5.75 Å². The molecule has 3 rings (SSSR count). The zero-order valence-electron chi connectivity index (χ0n) is 14.3. The van der Waals surface area contributed by atoms with Crippen LogP contribution in [0.2, 0.25) is 5.02 Å². The molecule has 25 heavy (non-hydrogen) atoms. The van der Waals surface area contributed by atoms with Crippen molar-refractivity contribution in [3.63, 3.8) is 0 Å². The number of ether oxygens (including phenoxy) is 1. The normalized spacial score (nSPS) is 15.8. The lowest BCUT2D eigenvalue weighted by Crippen LogP contribution is -2.42. The minimum absolute atomic E-state index is 0.237. The van der Waals surface area contributed by atoms with E-state index in [-0.39, 0.29) is 5.91 Å². The summed E-state index contributed by atoms with van der Waals surface area (Å²) >= 11 is 7.51. The molecule has 0 aliphatic carbocycles. The van der Waals surface area contributed by atoms with Crippen LogP contribution in [0.15, 0.2) is 30.5 Å². The van der Waals surface area contributed by atoms with Crippen molar-refractivity contribution in [3.05, 3.63) is 40.4 Å². The number of hydrogen-bond acceptors (Lipinski definition) is 5. The van der Waals surface area contributed by atoms with E-state index in [0.29, 0.717) is 21.8 Å². The molecule has 5 nitrogen and oxygen atoms in total. The highest BCUT2D eigenvalue weighted by Gasteiger charge is 2.31. The maximum atomic E-state index is 12.6. The third kappa shape index (κ3) is 4.71. The minimum atomic E-state index is -1.04. The molecule has 0 spiro atoms. The first-order valence-electron chi connectivity index (χ1n) is 8.36. The van der Waals surface area contributed by atoms with Gasteiger partial charge in [0.05, 0.1) is 0 Å². The SMILES string of the molecule is CC(C)(Oc1cccc(Cl)c1)C(=O)Nc1ncc(C2CCNCC2)s1. The molecule has 1 aliphatic heterocycles. The van der Waals surface area contributed by atoms with Crippen LogP contribution in [0.25, 0.3) is 0 Å². The number of anilines is 1. The number of nitrogens with zero attached hydrogens (tertiary/aromatic N) is 1.